The largest absolute Gasteiger partial charge is 0.343 e. The van der Waals surface area contributed by atoms with E-state index in [0.29, 0.717) is 18.2 Å². The molecule has 2 rings (SSSR count). The van der Waals surface area contributed by atoms with Crippen molar-refractivity contribution in [1.29, 1.82) is 0 Å². The van der Waals surface area contributed by atoms with Crippen LogP contribution in [0.25, 0.3) is 0 Å². The molecule has 1 amide bonds. The van der Waals surface area contributed by atoms with Crippen molar-refractivity contribution in [3.8, 4) is 0 Å². The SMILES string of the molecule is CCc1ccc(C(C)CC(=O)N2CCC(CCNC)CC2)cc1.Cl. The normalized spacial score (nSPS) is 16.5. The number of amides is 1. The van der Waals surface area contributed by atoms with Crippen molar-refractivity contribution in [2.45, 2.75) is 51.9 Å². The summed E-state index contributed by atoms with van der Waals surface area (Å²) in [5, 5.41) is 3.22. The number of rotatable bonds is 7. The Labute approximate surface area is 153 Å². The second kappa shape index (κ2) is 10.7. The van der Waals surface area contributed by atoms with Crippen LogP contribution >= 0.6 is 12.4 Å². The van der Waals surface area contributed by atoms with Crippen LogP contribution in [0.2, 0.25) is 0 Å². The van der Waals surface area contributed by atoms with Crippen molar-refractivity contribution < 1.29 is 4.79 Å². The Kier molecular flexibility index (Phi) is 9.38. The number of nitrogens with zero attached hydrogens (tertiary/aromatic N) is 1. The first-order valence-electron chi connectivity index (χ1n) is 9.15. The molecule has 1 aromatic carbocycles. The number of benzene rings is 1. The Bertz CT molecular complexity index is 481. The summed E-state index contributed by atoms with van der Waals surface area (Å²) < 4.78 is 0. The average molecular weight is 353 g/mol. The number of likely N-dealkylation sites (tertiary alicyclic amines) is 1. The molecule has 1 aliphatic rings. The third kappa shape index (κ3) is 6.10. The highest BCUT2D eigenvalue weighted by molar-refractivity contribution is 5.85. The zero-order valence-corrected chi connectivity index (χ0v) is 16.2. The number of hydrogen-bond donors (Lipinski definition) is 1. The zero-order valence-electron chi connectivity index (χ0n) is 15.4. The molecule has 1 atom stereocenters. The molecule has 1 fully saturated rings. The van der Waals surface area contributed by atoms with Crippen molar-refractivity contribution in [3.63, 3.8) is 0 Å². The third-order valence-corrected chi connectivity index (χ3v) is 5.21. The lowest BCUT2D eigenvalue weighted by Crippen LogP contribution is -2.39. The van der Waals surface area contributed by atoms with Gasteiger partial charge in [-0.25, -0.2) is 0 Å². The number of aryl methyl sites for hydroxylation is 1. The molecule has 4 heteroatoms. The summed E-state index contributed by atoms with van der Waals surface area (Å²) in [5.41, 5.74) is 2.63. The van der Waals surface area contributed by atoms with Crippen molar-refractivity contribution in [1.82, 2.24) is 10.2 Å². The van der Waals surface area contributed by atoms with Crippen LogP contribution in [0.3, 0.4) is 0 Å². The van der Waals surface area contributed by atoms with Gasteiger partial charge in [-0.15, -0.1) is 12.4 Å². The number of carbonyl (C=O) groups is 1. The maximum atomic E-state index is 12.5. The fourth-order valence-electron chi connectivity index (χ4n) is 3.41. The number of halogens is 1. The molecule has 0 bridgehead atoms. The fourth-order valence-corrected chi connectivity index (χ4v) is 3.41. The highest BCUT2D eigenvalue weighted by Gasteiger charge is 2.23. The minimum atomic E-state index is 0. The molecule has 0 aromatic heterocycles. The molecular formula is C20H33ClN2O. The molecule has 0 aliphatic carbocycles. The van der Waals surface area contributed by atoms with Crippen molar-refractivity contribution in [2.75, 3.05) is 26.7 Å². The molecule has 1 heterocycles. The number of carbonyl (C=O) groups excluding carboxylic acids is 1. The quantitative estimate of drug-likeness (QED) is 0.804. The fraction of sp³-hybridized carbons (Fsp3) is 0.650. The van der Waals surface area contributed by atoms with Crippen LogP contribution in [0.1, 0.15) is 56.6 Å². The van der Waals surface area contributed by atoms with Crippen LogP contribution in [0.4, 0.5) is 0 Å². The lowest BCUT2D eigenvalue weighted by Gasteiger charge is -2.32. The molecule has 24 heavy (non-hydrogen) atoms. The van der Waals surface area contributed by atoms with Gasteiger partial charge in [-0.2, -0.15) is 0 Å². The third-order valence-electron chi connectivity index (χ3n) is 5.21. The van der Waals surface area contributed by atoms with Gasteiger partial charge >= 0.3 is 0 Å². The first-order valence-corrected chi connectivity index (χ1v) is 9.15. The van der Waals surface area contributed by atoms with E-state index in [1.54, 1.807) is 0 Å². The smallest absolute Gasteiger partial charge is 0.223 e. The van der Waals surface area contributed by atoms with Gasteiger partial charge < -0.3 is 10.2 Å². The van der Waals surface area contributed by atoms with Crippen LogP contribution in [-0.4, -0.2) is 37.5 Å². The molecule has 1 N–H and O–H groups in total. The second-order valence-electron chi connectivity index (χ2n) is 6.92. The summed E-state index contributed by atoms with van der Waals surface area (Å²) in [6.07, 6.45) is 5.25. The van der Waals surface area contributed by atoms with E-state index in [1.807, 2.05) is 7.05 Å². The predicted molar refractivity (Wildman–Crippen MR) is 104 cm³/mol. The Balaban J connectivity index is 0.00000288. The van der Waals surface area contributed by atoms with Crippen LogP contribution in [-0.2, 0) is 11.2 Å². The van der Waals surface area contributed by atoms with Gasteiger partial charge in [0.25, 0.3) is 0 Å². The Morgan fingerprint density at radius 3 is 2.42 bits per heavy atom. The van der Waals surface area contributed by atoms with Gasteiger partial charge in [-0.1, -0.05) is 38.1 Å². The molecule has 136 valence electrons. The number of piperidine rings is 1. The Morgan fingerprint density at radius 2 is 1.88 bits per heavy atom. The van der Waals surface area contributed by atoms with E-state index in [0.717, 1.165) is 44.8 Å². The number of hydrogen-bond acceptors (Lipinski definition) is 2. The Hall–Kier alpha value is -1.06. The number of nitrogens with one attached hydrogen (secondary N) is 1. The second-order valence-corrected chi connectivity index (χ2v) is 6.92. The highest BCUT2D eigenvalue weighted by Crippen LogP contribution is 2.24. The van der Waals surface area contributed by atoms with Gasteiger partial charge in [-0.05, 0) is 62.2 Å². The molecule has 0 saturated carbocycles. The molecule has 1 aliphatic heterocycles. The maximum absolute atomic E-state index is 12.5. The van der Waals surface area contributed by atoms with E-state index in [-0.39, 0.29) is 12.4 Å². The van der Waals surface area contributed by atoms with E-state index in [1.165, 1.54) is 17.5 Å². The van der Waals surface area contributed by atoms with E-state index < -0.39 is 0 Å². The summed E-state index contributed by atoms with van der Waals surface area (Å²) in [7, 11) is 2.01. The molecule has 1 saturated heterocycles. The summed E-state index contributed by atoms with van der Waals surface area (Å²) >= 11 is 0. The highest BCUT2D eigenvalue weighted by atomic mass is 35.5. The van der Waals surface area contributed by atoms with E-state index in [2.05, 4.69) is 48.3 Å². The molecule has 1 unspecified atom stereocenters. The molecule has 0 spiro atoms. The van der Waals surface area contributed by atoms with Crippen LogP contribution in [0.5, 0.6) is 0 Å². The summed E-state index contributed by atoms with van der Waals surface area (Å²) in [5.74, 6) is 1.41. The molecule has 3 nitrogen and oxygen atoms in total. The van der Waals surface area contributed by atoms with E-state index in [4.69, 9.17) is 0 Å². The van der Waals surface area contributed by atoms with Crippen molar-refractivity contribution >= 4 is 18.3 Å². The summed E-state index contributed by atoms with van der Waals surface area (Å²) in [4.78, 5) is 14.6. The summed E-state index contributed by atoms with van der Waals surface area (Å²) in [6, 6.07) is 8.73. The minimum absolute atomic E-state index is 0. The van der Waals surface area contributed by atoms with Crippen LogP contribution < -0.4 is 5.32 Å². The Morgan fingerprint density at radius 1 is 1.25 bits per heavy atom. The lowest BCUT2D eigenvalue weighted by molar-refractivity contribution is -0.132. The van der Waals surface area contributed by atoms with Gasteiger partial charge in [0.2, 0.25) is 5.91 Å². The predicted octanol–water partition coefficient (Wildman–Crippen LogP) is 4.01. The zero-order chi connectivity index (χ0) is 16.7. The average Bonchev–Trinajstić information content (AvgIpc) is 2.60. The van der Waals surface area contributed by atoms with Crippen LogP contribution in [0, 0.1) is 5.92 Å². The molecular weight excluding hydrogens is 320 g/mol. The molecule has 1 aromatic rings. The van der Waals surface area contributed by atoms with Crippen LogP contribution in [0.15, 0.2) is 24.3 Å². The standard InChI is InChI=1S/C20H32N2O.ClH/c1-4-17-5-7-19(8-6-17)16(2)15-20(23)22-13-10-18(11-14-22)9-12-21-3;/h5-8,16,18,21H,4,9-15H2,1-3H3;1H. The topological polar surface area (TPSA) is 32.3 Å². The first kappa shape index (κ1) is 21.0. The maximum Gasteiger partial charge on any atom is 0.223 e. The minimum Gasteiger partial charge on any atom is -0.343 e. The molecule has 0 radical (unpaired) electrons. The van der Waals surface area contributed by atoms with E-state index >= 15 is 0 Å². The first-order chi connectivity index (χ1) is 11.1. The van der Waals surface area contributed by atoms with Crippen molar-refractivity contribution in [2.24, 2.45) is 5.92 Å². The lowest BCUT2D eigenvalue weighted by atomic mass is 9.92. The van der Waals surface area contributed by atoms with Gasteiger partial charge in [0.1, 0.15) is 0 Å². The summed E-state index contributed by atoms with van der Waals surface area (Å²) in [6.45, 7) is 7.30. The van der Waals surface area contributed by atoms with E-state index in [9.17, 15) is 4.79 Å². The van der Waals surface area contributed by atoms with Gasteiger partial charge in [-0.3, -0.25) is 4.79 Å². The van der Waals surface area contributed by atoms with Gasteiger partial charge in [0.05, 0.1) is 0 Å². The van der Waals surface area contributed by atoms with Gasteiger partial charge in [0, 0.05) is 19.5 Å². The van der Waals surface area contributed by atoms with Gasteiger partial charge in [0.15, 0.2) is 0 Å². The van der Waals surface area contributed by atoms with Crippen molar-refractivity contribution in [3.05, 3.63) is 35.4 Å². The monoisotopic (exact) mass is 352 g/mol.